The standard InChI is InChI=1S/C12H16BrNO3/c1-12(2,14)7-6-8-11(17-5-4-16-8)9(13)10(7)15-3/h6H,4-5,14H2,1-3H3. The maximum absolute atomic E-state index is 6.14. The van der Waals surface area contributed by atoms with Crippen molar-refractivity contribution in [1.29, 1.82) is 0 Å². The second kappa shape index (κ2) is 4.38. The summed E-state index contributed by atoms with van der Waals surface area (Å²) in [5.74, 6) is 2.08. The van der Waals surface area contributed by atoms with Crippen LogP contribution in [0.2, 0.25) is 0 Å². The predicted molar refractivity (Wildman–Crippen MR) is 68.9 cm³/mol. The molecule has 0 saturated heterocycles. The van der Waals surface area contributed by atoms with Gasteiger partial charge in [0.05, 0.1) is 7.11 Å². The summed E-state index contributed by atoms with van der Waals surface area (Å²) in [6.07, 6.45) is 0. The number of hydrogen-bond acceptors (Lipinski definition) is 4. The lowest BCUT2D eigenvalue weighted by atomic mass is 9.94. The molecular weight excluding hydrogens is 286 g/mol. The van der Waals surface area contributed by atoms with Crippen LogP contribution in [0.25, 0.3) is 0 Å². The van der Waals surface area contributed by atoms with Crippen LogP contribution in [0.3, 0.4) is 0 Å². The summed E-state index contributed by atoms with van der Waals surface area (Å²) in [4.78, 5) is 0. The number of methoxy groups -OCH3 is 1. The normalized spacial score (nSPS) is 14.6. The van der Waals surface area contributed by atoms with E-state index in [1.54, 1.807) is 7.11 Å². The van der Waals surface area contributed by atoms with Gasteiger partial charge in [-0.1, -0.05) is 0 Å². The average Bonchev–Trinajstić information content (AvgIpc) is 2.28. The van der Waals surface area contributed by atoms with Gasteiger partial charge in [0.1, 0.15) is 23.4 Å². The predicted octanol–water partition coefficient (Wildman–Crippen LogP) is 2.42. The minimum Gasteiger partial charge on any atom is -0.495 e. The fraction of sp³-hybridized carbons (Fsp3) is 0.500. The maximum atomic E-state index is 6.14. The minimum atomic E-state index is -0.510. The monoisotopic (exact) mass is 301 g/mol. The van der Waals surface area contributed by atoms with Crippen LogP contribution in [-0.2, 0) is 5.54 Å². The second-order valence-corrected chi connectivity index (χ2v) is 5.31. The van der Waals surface area contributed by atoms with Gasteiger partial charge >= 0.3 is 0 Å². The zero-order valence-corrected chi connectivity index (χ0v) is 11.8. The van der Waals surface area contributed by atoms with E-state index in [1.807, 2.05) is 19.9 Å². The number of benzene rings is 1. The fourth-order valence-electron chi connectivity index (χ4n) is 1.81. The van der Waals surface area contributed by atoms with Crippen molar-refractivity contribution in [3.05, 3.63) is 16.1 Å². The van der Waals surface area contributed by atoms with Crippen molar-refractivity contribution in [3.63, 3.8) is 0 Å². The van der Waals surface area contributed by atoms with Gasteiger partial charge in [0, 0.05) is 11.1 Å². The largest absolute Gasteiger partial charge is 0.495 e. The first-order valence-electron chi connectivity index (χ1n) is 5.40. The fourth-order valence-corrected chi connectivity index (χ4v) is 2.49. The van der Waals surface area contributed by atoms with Crippen molar-refractivity contribution in [3.8, 4) is 17.2 Å². The van der Waals surface area contributed by atoms with E-state index in [9.17, 15) is 0 Å². The van der Waals surface area contributed by atoms with Gasteiger partial charge in [-0.25, -0.2) is 0 Å². The van der Waals surface area contributed by atoms with Crippen LogP contribution in [0, 0.1) is 0 Å². The molecule has 0 aliphatic carbocycles. The number of ether oxygens (including phenoxy) is 3. The molecule has 2 rings (SSSR count). The molecule has 94 valence electrons. The Kier molecular flexibility index (Phi) is 3.23. The number of nitrogens with two attached hydrogens (primary N) is 1. The molecule has 5 heteroatoms. The molecule has 1 aromatic rings. The molecule has 2 N–H and O–H groups in total. The number of hydrogen-bond donors (Lipinski definition) is 1. The van der Waals surface area contributed by atoms with Crippen molar-refractivity contribution in [2.75, 3.05) is 20.3 Å². The Labute approximate surface area is 109 Å². The van der Waals surface area contributed by atoms with Crippen LogP contribution < -0.4 is 19.9 Å². The number of rotatable bonds is 2. The third-order valence-electron chi connectivity index (χ3n) is 2.63. The summed E-state index contributed by atoms with van der Waals surface area (Å²) >= 11 is 3.48. The lowest BCUT2D eigenvalue weighted by molar-refractivity contribution is 0.169. The van der Waals surface area contributed by atoms with Gasteiger partial charge in [0.2, 0.25) is 0 Å². The second-order valence-electron chi connectivity index (χ2n) is 4.52. The Morgan fingerprint density at radius 3 is 2.59 bits per heavy atom. The highest BCUT2D eigenvalue weighted by atomic mass is 79.9. The summed E-state index contributed by atoms with van der Waals surface area (Å²) < 4.78 is 17.3. The van der Waals surface area contributed by atoms with Crippen LogP contribution in [0.5, 0.6) is 17.2 Å². The van der Waals surface area contributed by atoms with Crippen molar-refractivity contribution < 1.29 is 14.2 Å². The number of fused-ring (bicyclic) bond motifs is 1. The van der Waals surface area contributed by atoms with Crippen molar-refractivity contribution >= 4 is 15.9 Å². The first kappa shape index (κ1) is 12.5. The lowest BCUT2D eigenvalue weighted by Crippen LogP contribution is -2.30. The van der Waals surface area contributed by atoms with Gasteiger partial charge in [0.25, 0.3) is 0 Å². The molecule has 0 atom stereocenters. The lowest BCUT2D eigenvalue weighted by Gasteiger charge is -2.27. The number of halogens is 1. The van der Waals surface area contributed by atoms with Crippen LogP contribution in [0.15, 0.2) is 10.5 Å². The molecule has 0 fully saturated rings. The molecule has 1 aliphatic heterocycles. The molecule has 0 bridgehead atoms. The summed E-state index contributed by atoms with van der Waals surface area (Å²) in [6, 6.07) is 1.89. The maximum Gasteiger partial charge on any atom is 0.179 e. The summed E-state index contributed by atoms with van der Waals surface area (Å²) in [5, 5.41) is 0. The van der Waals surface area contributed by atoms with Crippen molar-refractivity contribution in [2.45, 2.75) is 19.4 Å². The average molecular weight is 302 g/mol. The first-order chi connectivity index (χ1) is 7.95. The van der Waals surface area contributed by atoms with Gasteiger partial charge in [-0.05, 0) is 35.8 Å². The van der Waals surface area contributed by atoms with Crippen LogP contribution >= 0.6 is 15.9 Å². The van der Waals surface area contributed by atoms with E-state index in [1.165, 1.54) is 0 Å². The summed E-state index contributed by atoms with van der Waals surface area (Å²) in [6.45, 7) is 4.94. The van der Waals surface area contributed by atoms with Crippen molar-refractivity contribution in [2.24, 2.45) is 5.73 Å². The van der Waals surface area contributed by atoms with Crippen LogP contribution in [-0.4, -0.2) is 20.3 Å². The highest BCUT2D eigenvalue weighted by Crippen LogP contribution is 2.47. The Balaban J connectivity index is 2.64. The van der Waals surface area contributed by atoms with Crippen LogP contribution in [0.4, 0.5) is 0 Å². The smallest absolute Gasteiger partial charge is 0.179 e. The van der Waals surface area contributed by atoms with E-state index in [-0.39, 0.29) is 0 Å². The highest BCUT2D eigenvalue weighted by Gasteiger charge is 2.28. The molecule has 1 aromatic carbocycles. The SMILES string of the molecule is COc1c(C(C)(C)N)cc2c(c1Br)OCCO2. The molecule has 0 radical (unpaired) electrons. The Hall–Kier alpha value is -0.940. The van der Waals surface area contributed by atoms with E-state index >= 15 is 0 Å². The zero-order chi connectivity index (χ0) is 12.6. The minimum absolute atomic E-state index is 0.510. The summed E-state index contributed by atoms with van der Waals surface area (Å²) in [7, 11) is 1.62. The van der Waals surface area contributed by atoms with Gasteiger partial charge in [-0.3, -0.25) is 0 Å². The molecule has 0 spiro atoms. The third-order valence-corrected chi connectivity index (χ3v) is 3.35. The third kappa shape index (κ3) is 2.21. The van der Waals surface area contributed by atoms with E-state index < -0.39 is 5.54 Å². The van der Waals surface area contributed by atoms with E-state index in [0.29, 0.717) is 30.5 Å². The molecule has 17 heavy (non-hydrogen) atoms. The van der Waals surface area contributed by atoms with E-state index in [4.69, 9.17) is 19.9 Å². The molecule has 0 aromatic heterocycles. The molecule has 0 saturated carbocycles. The Morgan fingerprint density at radius 2 is 2.00 bits per heavy atom. The molecular formula is C12H16BrNO3. The first-order valence-corrected chi connectivity index (χ1v) is 6.20. The quantitative estimate of drug-likeness (QED) is 0.911. The van der Waals surface area contributed by atoms with Gasteiger partial charge in [-0.2, -0.15) is 0 Å². The van der Waals surface area contributed by atoms with Crippen LogP contribution in [0.1, 0.15) is 19.4 Å². The van der Waals surface area contributed by atoms with Crippen molar-refractivity contribution in [1.82, 2.24) is 0 Å². The van der Waals surface area contributed by atoms with E-state index in [2.05, 4.69) is 15.9 Å². The summed E-state index contributed by atoms with van der Waals surface area (Å²) in [5.41, 5.74) is 6.51. The Bertz CT molecular complexity index is 440. The highest BCUT2D eigenvalue weighted by molar-refractivity contribution is 9.10. The van der Waals surface area contributed by atoms with E-state index in [0.717, 1.165) is 10.0 Å². The Morgan fingerprint density at radius 1 is 1.35 bits per heavy atom. The van der Waals surface area contributed by atoms with Gasteiger partial charge < -0.3 is 19.9 Å². The molecule has 0 unspecified atom stereocenters. The van der Waals surface area contributed by atoms with Gasteiger partial charge in [-0.15, -0.1) is 0 Å². The molecule has 1 aliphatic rings. The topological polar surface area (TPSA) is 53.7 Å². The molecule has 0 amide bonds. The molecule has 4 nitrogen and oxygen atoms in total. The van der Waals surface area contributed by atoms with Gasteiger partial charge in [0.15, 0.2) is 11.5 Å². The zero-order valence-electron chi connectivity index (χ0n) is 10.2. The molecule has 1 heterocycles.